The van der Waals surface area contributed by atoms with E-state index in [1.54, 1.807) is 0 Å². The predicted octanol–water partition coefficient (Wildman–Crippen LogP) is 3.40. The van der Waals surface area contributed by atoms with Gasteiger partial charge in [-0.25, -0.2) is 0 Å². The number of fused-ring (bicyclic) bond motifs is 2. The lowest BCUT2D eigenvalue weighted by molar-refractivity contribution is 0.193. The van der Waals surface area contributed by atoms with Gasteiger partial charge in [-0.3, -0.25) is 4.90 Å². The Kier molecular flexibility index (Phi) is 5.13. The van der Waals surface area contributed by atoms with E-state index in [1.165, 1.54) is 36.9 Å². The molecule has 3 rings (SSSR count). The maximum Gasteiger partial charge on any atom is 0.0438 e. The van der Waals surface area contributed by atoms with Gasteiger partial charge >= 0.3 is 0 Å². The molecule has 2 saturated heterocycles. The lowest BCUT2D eigenvalue weighted by Crippen LogP contribution is -2.37. The normalized spacial score (nSPS) is 26.8. The van der Waals surface area contributed by atoms with Crippen molar-refractivity contribution in [3.05, 3.63) is 34.3 Å². The molecule has 0 aliphatic carbocycles. The van der Waals surface area contributed by atoms with Gasteiger partial charge in [-0.2, -0.15) is 0 Å². The van der Waals surface area contributed by atoms with Crippen molar-refractivity contribution in [2.45, 2.75) is 44.8 Å². The highest BCUT2D eigenvalue weighted by molar-refractivity contribution is 6.31. The second-order valence-electron chi connectivity index (χ2n) is 5.63. The average molecular weight is 301 g/mol. The quantitative estimate of drug-likeness (QED) is 0.900. The van der Waals surface area contributed by atoms with Crippen LogP contribution in [0, 0.1) is 6.92 Å². The van der Waals surface area contributed by atoms with Crippen LogP contribution in [0.25, 0.3) is 0 Å². The number of aryl methyl sites for hydroxylation is 1. The fourth-order valence-electron chi connectivity index (χ4n) is 3.29. The Bertz CT molecular complexity index is 422. The highest BCUT2D eigenvalue weighted by Gasteiger charge is 2.34. The molecule has 19 heavy (non-hydrogen) atoms. The second-order valence-corrected chi connectivity index (χ2v) is 6.04. The van der Waals surface area contributed by atoms with E-state index in [-0.39, 0.29) is 12.4 Å². The van der Waals surface area contributed by atoms with Crippen LogP contribution < -0.4 is 5.32 Å². The second kappa shape index (κ2) is 6.45. The molecule has 2 fully saturated rings. The number of hydrogen-bond donors (Lipinski definition) is 1. The lowest BCUT2D eigenvalue weighted by Gasteiger charge is -2.27. The van der Waals surface area contributed by atoms with Crippen LogP contribution in [0.5, 0.6) is 0 Å². The van der Waals surface area contributed by atoms with Gasteiger partial charge in [-0.1, -0.05) is 23.7 Å². The minimum absolute atomic E-state index is 0. The molecular formula is C15H22Cl2N2. The Hall–Kier alpha value is -0.280. The predicted molar refractivity (Wildman–Crippen MR) is 83.3 cm³/mol. The van der Waals surface area contributed by atoms with Gasteiger partial charge in [-0.05, 0) is 49.9 Å². The molecule has 0 saturated carbocycles. The van der Waals surface area contributed by atoms with Crippen molar-refractivity contribution in [2.24, 2.45) is 0 Å². The van der Waals surface area contributed by atoms with Crippen molar-refractivity contribution in [1.82, 2.24) is 10.2 Å². The lowest BCUT2D eigenvalue weighted by atomic mass is 10.1. The van der Waals surface area contributed by atoms with E-state index in [1.807, 2.05) is 0 Å². The van der Waals surface area contributed by atoms with Gasteiger partial charge in [0.15, 0.2) is 0 Å². The smallest absolute Gasteiger partial charge is 0.0438 e. The first-order valence-corrected chi connectivity index (χ1v) is 7.33. The first-order chi connectivity index (χ1) is 8.74. The summed E-state index contributed by atoms with van der Waals surface area (Å²) in [5.41, 5.74) is 2.52. The van der Waals surface area contributed by atoms with Gasteiger partial charge in [0.25, 0.3) is 0 Å². The van der Waals surface area contributed by atoms with Crippen LogP contribution in [0.2, 0.25) is 5.02 Å². The third kappa shape index (κ3) is 3.25. The van der Waals surface area contributed by atoms with Gasteiger partial charge in [-0.15, -0.1) is 12.4 Å². The molecule has 2 nitrogen and oxygen atoms in total. The summed E-state index contributed by atoms with van der Waals surface area (Å²) in [7, 11) is 0. The van der Waals surface area contributed by atoms with Crippen LogP contribution in [-0.2, 0) is 6.54 Å². The van der Waals surface area contributed by atoms with Crippen molar-refractivity contribution in [1.29, 1.82) is 0 Å². The molecule has 2 unspecified atom stereocenters. The van der Waals surface area contributed by atoms with E-state index in [9.17, 15) is 0 Å². The van der Waals surface area contributed by atoms with Crippen molar-refractivity contribution >= 4 is 24.0 Å². The van der Waals surface area contributed by atoms with Gasteiger partial charge in [0.1, 0.15) is 0 Å². The molecule has 106 valence electrons. The van der Waals surface area contributed by atoms with E-state index in [4.69, 9.17) is 11.6 Å². The van der Waals surface area contributed by atoms with Gasteiger partial charge in [0, 0.05) is 30.2 Å². The standard InChI is InChI=1S/C15H21ClN2.ClH/c1-11-2-3-12(8-15(11)16)10-18-13-4-5-14(18)9-17-7-6-13;/h2-3,8,13-14,17H,4-7,9-10H2,1H3;1H. The Morgan fingerprint density at radius 3 is 2.84 bits per heavy atom. The fraction of sp³-hybridized carbons (Fsp3) is 0.600. The van der Waals surface area contributed by atoms with Crippen molar-refractivity contribution in [3.63, 3.8) is 0 Å². The Balaban J connectivity index is 0.00000133. The zero-order chi connectivity index (χ0) is 12.5. The Morgan fingerprint density at radius 2 is 2.05 bits per heavy atom. The van der Waals surface area contributed by atoms with Crippen LogP contribution >= 0.6 is 24.0 Å². The van der Waals surface area contributed by atoms with E-state index >= 15 is 0 Å². The van der Waals surface area contributed by atoms with Crippen LogP contribution in [0.1, 0.15) is 30.4 Å². The van der Waals surface area contributed by atoms with Gasteiger partial charge < -0.3 is 5.32 Å². The monoisotopic (exact) mass is 300 g/mol. The number of hydrogen-bond acceptors (Lipinski definition) is 2. The summed E-state index contributed by atoms with van der Waals surface area (Å²) in [6.45, 7) is 5.44. The fourth-order valence-corrected chi connectivity index (χ4v) is 3.49. The number of halogens is 2. The van der Waals surface area contributed by atoms with Gasteiger partial charge in [0.2, 0.25) is 0 Å². The first kappa shape index (κ1) is 15.1. The topological polar surface area (TPSA) is 15.3 Å². The Morgan fingerprint density at radius 1 is 1.26 bits per heavy atom. The first-order valence-electron chi connectivity index (χ1n) is 6.95. The molecule has 4 heteroatoms. The molecule has 0 radical (unpaired) electrons. The summed E-state index contributed by atoms with van der Waals surface area (Å²) < 4.78 is 0. The van der Waals surface area contributed by atoms with Crippen molar-refractivity contribution in [2.75, 3.05) is 13.1 Å². The molecule has 1 N–H and O–H groups in total. The summed E-state index contributed by atoms with van der Waals surface area (Å²) in [5, 5.41) is 4.44. The Labute approximate surface area is 126 Å². The zero-order valence-electron chi connectivity index (χ0n) is 11.4. The molecule has 1 aromatic carbocycles. The van der Waals surface area contributed by atoms with E-state index in [2.05, 4.69) is 35.3 Å². The van der Waals surface area contributed by atoms with Crippen LogP contribution in [0.4, 0.5) is 0 Å². The summed E-state index contributed by atoms with van der Waals surface area (Å²) in [5.74, 6) is 0. The van der Waals surface area contributed by atoms with E-state index in [0.29, 0.717) is 0 Å². The highest BCUT2D eigenvalue weighted by Crippen LogP contribution is 2.30. The van der Waals surface area contributed by atoms with Crippen LogP contribution in [0.15, 0.2) is 18.2 Å². The molecule has 0 spiro atoms. The van der Waals surface area contributed by atoms with Crippen molar-refractivity contribution in [3.8, 4) is 0 Å². The average Bonchev–Trinajstić information content (AvgIpc) is 2.58. The summed E-state index contributed by atoms with van der Waals surface area (Å²) >= 11 is 6.22. The number of nitrogens with zero attached hydrogens (tertiary/aromatic N) is 1. The molecule has 2 aliphatic heterocycles. The summed E-state index contributed by atoms with van der Waals surface area (Å²) in [4.78, 5) is 2.68. The molecule has 0 aromatic heterocycles. The van der Waals surface area contributed by atoms with E-state index in [0.717, 1.165) is 30.2 Å². The van der Waals surface area contributed by atoms with Crippen LogP contribution in [0.3, 0.4) is 0 Å². The maximum absolute atomic E-state index is 6.22. The molecule has 2 atom stereocenters. The largest absolute Gasteiger partial charge is 0.315 e. The molecule has 1 aromatic rings. The van der Waals surface area contributed by atoms with Crippen molar-refractivity contribution < 1.29 is 0 Å². The molecule has 2 heterocycles. The van der Waals surface area contributed by atoms with E-state index < -0.39 is 0 Å². The molecule has 2 aliphatic rings. The summed E-state index contributed by atoms with van der Waals surface area (Å²) in [6.07, 6.45) is 4.00. The number of rotatable bonds is 2. The van der Waals surface area contributed by atoms with Gasteiger partial charge in [0.05, 0.1) is 0 Å². The third-order valence-corrected chi connectivity index (χ3v) is 4.81. The zero-order valence-corrected chi connectivity index (χ0v) is 12.9. The molecule has 0 amide bonds. The molecular weight excluding hydrogens is 279 g/mol. The number of benzene rings is 1. The number of nitrogens with one attached hydrogen (secondary N) is 1. The minimum atomic E-state index is 0. The minimum Gasteiger partial charge on any atom is -0.315 e. The SMILES string of the molecule is Cc1ccc(CN2C3CCNCC2CC3)cc1Cl.Cl. The third-order valence-electron chi connectivity index (χ3n) is 4.41. The molecule has 2 bridgehead atoms. The van der Waals surface area contributed by atoms with Crippen LogP contribution in [-0.4, -0.2) is 30.1 Å². The highest BCUT2D eigenvalue weighted by atomic mass is 35.5. The summed E-state index contributed by atoms with van der Waals surface area (Å²) in [6, 6.07) is 7.98. The maximum atomic E-state index is 6.22.